The van der Waals surface area contributed by atoms with E-state index in [1.54, 1.807) is 4.90 Å². The van der Waals surface area contributed by atoms with Crippen molar-refractivity contribution in [1.82, 2.24) is 4.90 Å². The zero-order valence-corrected chi connectivity index (χ0v) is 10.6. The normalized spacial score (nSPS) is 31.8. The van der Waals surface area contributed by atoms with Crippen LogP contribution in [-0.2, 0) is 9.59 Å². The first-order valence-corrected chi connectivity index (χ1v) is 6.44. The molecule has 1 saturated carbocycles. The van der Waals surface area contributed by atoms with Crippen molar-refractivity contribution in [1.29, 1.82) is 0 Å². The van der Waals surface area contributed by atoms with E-state index in [9.17, 15) is 9.59 Å². The first-order valence-electron chi connectivity index (χ1n) is 6.44. The van der Waals surface area contributed by atoms with Crippen LogP contribution < -0.4 is 0 Å². The molecule has 1 aliphatic heterocycles. The van der Waals surface area contributed by atoms with Gasteiger partial charge in [-0.2, -0.15) is 0 Å². The number of carboxylic acids is 1. The lowest BCUT2D eigenvalue weighted by atomic mass is 9.69. The average molecular weight is 239 g/mol. The van der Waals surface area contributed by atoms with Crippen LogP contribution in [0.5, 0.6) is 0 Å². The molecule has 2 atom stereocenters. The summed E-state index contributed by atoms with van der Waals surface area (Å²) < 4.78 is 0. The van der Waals surface area contributed by atoms with Crippen LogP contribution in [0, 0.1) is 17.3 Å². The van der Waals surface area contributed by atoms with Gasteiger partial charge in [0, 0.05) is 18.5 Å². The van der Waals surface area contributed by atoms with Crippen molar-refractivity contribution >= 4 is 11.9 Å². The highest BCUT2D eigenvalue weighted by Gasteiger charge is 2.44. The van der Waals surface area contributed by atoms with Crippen LogP contribution in [0.2, 0.25) is 0 Å². The Morgan fingerprint density at radius 2 is 1.94 bits per heavy atom. The van der Waals surface area contributed by atoms with Crippen LogP contribution in [0.1, 0.15) is 39.5 Å². The highest BCUT2D eigenvalue weighted by molar-refractivity contribution is 5.84. The summed E-state index contributed by atoms with van der Waals surface area (Å²) in [6.45, 7) is 5.15. The van der Waals surface area contributed by atoms with E-state index < -0.39 is 5.97 Å². The largest absolute Gasteiger partial charge is 0.481 e. The molecule has 0 aromatic heterocycles. The van der Waals surface area contributed by atoms with Crippen LogP contribution in [-0.4, -0.2) is 35.0 Å². The van der Waals surface area contributed by atoms with E-state index >= 15 is 0 Å². The van der Waals surface area contributed by atoms with E-state index in [-0.39, 0.29) is 23.2 Å². The minimum Gasteiger partial charge on any atom is -0.481 e. The maximum atomic E-state index is 12.3. The van der Waals surface area contributed by atoms with E-state index in [1.165, 1.54) is 0 Å². The summed E-state index contributed by atoms with van der Waals surface area (Å²) in [6, 6.07) is 0. The van der Waals surface area contributed by atoms with Gasteiger partial charge in [0.1, 0.15) is 0 Å². The topological polar surface area (TPSA) is 57.6 Å². The summed E-state index contributed by atoms with van der Waals surface area (Å²) in [6.07, 6.45) is 3.72. The highest BCUT2D eigenvalue weighted by atomic mass is 16.4. The molecule has 0 aromatic rings. The molecule has 96 valence electrons. The molecular formula is C13H21NO3. The second-order valence-electron chi connectivity index (χ2n) is 6.00. The molecule has 17 heavy (non-hydrogen) atoms. The first-order chi connectivity index (χ1) is 7.92. The smallest absolute Gasteiger partial charge is 0.308 e. The molecule has 1 saturated heterocycles. The van der Waals surface area contributed by atoms with Gasteiger partial charge in [0.05, 0.1) is 5.92 Å². The zero-order chi connectivity index (χ0) is 12.6. The van der Waals surface area contributed by atoms with Crippen LogP contribution in [0.25, 0.3) is 0 Å². The lowest BCUT2D eigenvalue weighted by molar-refractivity contribution is -0.153. The summed E-state index contributed by atoms with van der Waals surface area (Å²) in [5, 5.41) is 9.09. The van der Waals surface area contributed by atoms with Crippen molar-refractivity contribution in [2.75, 3.05) is 13.1 Å². The van der Waals surface area contributed by atoms with Gasteiger partial charge in [-0.3, -0.25) is 9.59 Å². The third kappa shape index (κ3) is 2.31. The van der Waals surface area contributed by atoms with Crippen molar-refractivity contribution in [3.05, 3.63) is 0 Å². The Kier molecular flexibility index (Phi) is 3.15. The number of nitrogens with zero attached hydrogens (tertiary/aromatic N) is 1. The maximum Gasteiger partial charge on any atom is 0.308 e. The van der Waals surface area contributed by atoms with Crippen LogP contribution in [0.15, 0.2) is 0 Å². The molecule has 0 radical (unpaired) electrons. The number of piperidine rings is 1. The van der Waals surface area contributed by atoms with E-state index in [2.05, 4.69) is 0 Å². The number of amides is 1. The summed E-state index contributed by atoms with van der Waals surface area (Å²) in [7, 11) is 0. The molecule has 4 heteroatoms. The Morgan fingerprint density at radius 3 is 2.41 bits per heavy atom. The number of rotatable bonds is 2. The van der Waals surface area contributed by atoms with E-state index in [0.717, 1.165) is 25.8 Å². The van der Waals surface area contributed by atoms with Gasteiger partial charge in [-0.1, -0.05) is 20.3 Å². The quantitative estimate of drug-likeness (QED) is 0.798. The molecule has 2 unspecified atom stereocenters. The summed E-state index contributed by atoms with van der Waals surface area (Å²) in [5.41, 5.74) is -0.208. The standard InChI is InChI=1S/C13H21NO3/c1-9-6-10(11(15)16)8-14(7-9)12(17)13(2)4-3-5-13/h9-10H,3-8H2,1-2H3,(H,15,16). The number of carbonyl (C=O) groups is 2. The van der Waals surface area contributed by atoms with Gasteiger partial charge in [-0.15, -0.1) is 0 Å². The summed E-state index contributed by atoms with van der Waals surface area (Å²) in [5.74, 6) is -0.696. The van der Waals surface area contributed by atoms with Crippen molar-refractivity contribution in [3.63, 3.8) is 0 Å². The van der Waals surface area contributed by atoms with Crippen LogP contribution >= 0.6 is 0 Å². The van der Waals surface area contributed by atoms with Crippen molar-refractivity contribution < 1.29 is 14.7 Å². The fourth-order valence-electron chi connectivity index (χ4n) is 3.00. The van der Waals surface area contributed by atoms with E-state index in [1.807, 2.05) is 13.8 Å². The van der Waals surface area contributed by atoms with Crippen LogP contribution in [0.4, 0.5) is 0 Å². The molecule has 0 spiro atoms. The number of likely N-dealkylation sites (tertiary alicyclic amines) is 1. The van der Waals surface area contributed by atoms with Crippen LogP contribution in [0.3, 0.4) is 0 Å². The average Bonchev–Trinajstić information content (AvgIpc) is 2.24. The molecule has 4 nitrogen and oxygen atoms in total. The van der Waals surface area contributed by atoms with Crippen molar-refractivity contribution in [2.45, 2.75) is 39.5 Å². The highest BCUT2D eigenvalue weighted by Crippen LogP contribution is 2.42. The predicted octanol–water partition coefficient (Wildman–Crippen LogP) is 1.75. The number of hydrogen-bond donors (Lipinski definition) is 1. The van der Waals surface area contributed by atoms with Crippen molar-refractivity contribution in [2.24, 2.45) is 17.3 Å². The second kappa shape index (κ2) is 4.31. The van der Waals surface area contributed by atoms with Gasteiger partial charge in [0.15, 0.2) is 0 Å². The molecule has 1 amide bonds. The minimum atomic E-state index is -0.770. The molecule has 0 bridgehead atoms. The lowest BCUT2D eigenvalue weighted by Gasteiger charge is -2.44. The Morgan fingerprint density at radius 1 is 1.29 bits per heavy atom. The van der Waals surface area contributed by atoms with E-state index in [0.29, 0.717) is 13.0 Å². The lowest BCUT2D eigenvalue weighted by Crippen LogP contribution is -2.52. The number of aliphatic carboxylic acids is 1. The Hall–Kier alpha value is -1.06. The van der Waals surface area contributed by atoms with Crippen molar-refractivity contribution in [3.8, 4) is 0 Å². The fraction of sp³-hybridized carbons (Fsp3) is 0.846. The third-order valence-corrected chi connectivity index (χ3v) is 4.27. The molecule has 1 N–H and O–H groups in total. The summed E-state index contributed by atoms with van der Waals surface area (Å²) in [4.78, 5) is 25.2. The van der Waals surface area contributed by atoms with Gasteiger partial charge in [0.2, 0.25) is 5.91 Å². The molecule has 2 aliphatic rings. The fourth-order valence-corrected chi connectivity index (χ4v) is 3.00. The minimum absolute atomic E-state index is 0.168. The number of hydrogen-bond acceptors (Lipinski definition) is 2. The van der Waals surface area contributed by atoms with E-state index in [4.69, 9.17) is 5.11 Å². The van der Waals surface area contributed by atoms with Gasteiger partial charge in [-0.25, -0.2) is 0 Å². The number of carbonyl (C=O) groups excluding carboxylic acids is 1. The van der Waals surface area contributed by atoms with Gasteiger partial charge in [-0.05, 0) is 25.2 Å². The monoisotopic (exact) mass is 239 g/mol. The Bertz CT molecular complexity index is 336. The molecule has 0 aromatic carbocycles. The molecular weight excluding hydrogens is 218 g/mol. The third-order valence-electron chi connectivity index (χ3n) is 4.27. The molecule has 2 rings (SSSR count). The Balaban J connectivity index is 2.05. The molecule has 1 aliphatic carbocycles. The van der Waals surface area contributed by atoms with Gasteiger partial charge >= 0.3 is 5.97 Å². The summed E-state index contributed by atoms with van der Waals surface area (Å²) >= 11 is 0. The molecule has 1 heterocycles. The molecule has 2 fully saturated rings. The number of carboxylic acid groups (broad SMARTS) is 1. The van der Waals surface area contributed by atoms with Gasteiger partial charge < -0.3 is 10.0 Å². The van der Waals surface area contributed by atoms with Gasteiger partial charge in [0.25, 0.3) is 0 Å². The Labute approximate surface area is 102 Å². The zero-order valence-electron chi connectivity index (χ0n) is 10.6. The first kappa shape index (κ1) is 12.4. The predicted molar refractivity (Wildman–Crippen MR) is 63.4 cm³/mol. The maximum absolute atomic E-state index is 12.3. The second-order valence-corrected chi connectivity index (χ2v) is 6.00. The SMILES string of the molecule is CC1CC(C(=O)O)CN(C(=O)C2(C)CCC2)C1.